The number of rotatable bonds is 5. The molecular formula is C9H19NO2S. The first-order valence-electron chi connectivity index (χ1n) is 4.43. The zero-order valence-corrected chi connectivity index (χ0v) is 9.52. The van der Waals surface area contributed by atoms with Crippen molar-refractivity contribution in [2.75, 3.05) is 0 Å². The number of carbonyl (C=O) groups is 1. The molecule has 0 aliphatic carbocycles. The van der Waals surface area contributed by atoms with Crippen LogP contribution in [0.1, 0.15) is 34.1 Å². The Morgan fingerprint density at radius 1 is 1.54 bits per heavy atom. The van der Waals surface area contributed by atoms with Gasteiger partial charge in [0.15, 0.2) is 0 Å². The normalized spacial score (nSPS) is 18.3. The third kappa shape index (κ3) is 5.16. The Balaban J connectivity index is 4.04. The van der Waals surface area contributed by atoms with Gasteiger partial charge in [-0.25, -0.2) is 0 Å². The number of aliphatic carboxylic acids is 1. The lowest BCUT2D eigenvalue weighted by molar-refractivity contribution is -0.142. The summed E-state index contributed by atoms with van der Waals surface area (Å²) in [5.41, 5.74) is 4.53. The molecule has 2 atom stereocenters. The van der Waals surface area contributed by atoms with E-state index in [-0.39, 0.29) is 5.25 Å². The van der Waals surface area contributed by atoms with E-state index >= 15 is 0 Å². The van der Waals surface area contributed by atoms with Gasteiger partial charge in [-0.15, -0.1) is 0 Å². The van der Waals surface area contributed by atoms with Crippen molar-refractivity contribution in [2.24, 2.45) is 5.73 Å². The molecule has 78 valence electrons. The van der Waals surface area contributed by atoms with Gasteiger partial charge in [0, 0.05) is 5.25 Å². The van der Waals surface area contributed by atoms with E-state index in [1.54, 1.807) is 18.7 Å². The molecule has 0 aromatic carbocycles. The number of hydrogen-bond acceptors (Lipinski definition) is 3. The maximum Gasteiger partial charge on any atom is 0.323 e. The average Bonchev–Trinajstić information content (AvgIpc) is 1.82. The second-order valence-electron chi connectivity index (χ2n) is 3.92. The molecule has 4 heteroatoms. The molecule has 0 saturated carbocycles. The molecule has 3 N–H and O–H groups in total. The van der Waals surface area contributed by atoms with Crippen molar-refractivity contribution in [2.45, 2.75) is 50.2 Å². The van der Waals surface area contributed by atoms with Crippen LogP contribution in [0, 0.1) is 0 Å². The van der Waals surface area contributed by atoms with Gasteiger partial charge in [-0.1, -0.05) is 20.8 Å². The van der Waals surface area contributed by atoms with Crippen LogP contribution in [0.3, 0.4) is 0 Å². The van der Waals surface area contributed by atoms with E-state index in [1.165, 1.54) is 0 Å². The highest BCUT2D eigenvalue weighted by atomic mass is 32.2. The molecule has 0 fully saturated rings. The van der Waals surface area contributed by atoms with Gasteiger partial charge in [-0.05, 0) is 18.6 Å². The molecule has 0 rings (SSSR count). The topological polar surface area (TPSA) is 63.3 Å². The predicted molar refractivity (Wildman–Crippen MR) is 57.0 cm³/mol. The van der Waals surface area contributed by atoms with Gasteiger partial charge in [0.1, 0.15) is 5.54 Å². The summed E-state index contributed by atoms with van der Waals surface area (Å²) in [5.74, 6) is -0.927. The van der Waals surface area contributed by atoms with Crippen molar-refractivity contribution in [3.63, 3.8) is 0 Å². The van der Waals surface area contributed by atoms with E-state index in [0.29, 0.717) is 11.7 Å². The van der Waals surface area contributed by atoms with Gasteiger partial charge in [0.05, 0.1) is 0 Å². The van der Waals surface area contributed by atoms with Crippen LogP contribution in [-0.2, 0) is 4.79 Å². The second-order valence-corrected chi connectivity index (χ2v) is 5.94. The fourth-order valence-electron chi connectivity index (χ4n) is 1.20. The lowest BCUT2D eigenvalue weighted by Crippen LogP contribution is -2.46. The Labute approximate surface area is 84.1 Å². The summed E-state index contributed by atoms with van der Waals surface area (Å²) in [5, 5.41) is 9.59. The fraction of sp³-hybridized carbons (Fsp3) is 0.889. The Hall–Kier alpha value is -0.220. The molecule has 0 aliphatic heterocycles. The Morgan fingerprint density at radius 2 is 2.00 bits per heavy atom. The van der Waals surface area contributed by atoms with Crippen molar-refractivity contribution < 1.29 is 9.90 Å². The average molecular weight is 205 g/mol. The third-order valence-corrected chi connectivity index (χ3v) is 2.88. The van der Waals surface area contributed by atoms with Gasteiger partial charge >= 0.3 is 5.97 Å². The minimum Gasteiger partial charge on any atom is -0.480 e. The number of hydrogen-bond donors (Lipinski definition) is 2. The standard InChI is InChI=1S/C9H19NO2S/c1-6(2)13-7(3)5-9(4,10)8(11)12/h6-7H,5,10H2,1-4H3,(H,11,12). The van der Waals surface area contributed by atoms with Crippen LogP contribution in [-0.4, -0.2) is 27.1 Å². The van der Waals surface area contributed by atoms with Gasteiger partial charge in [0.25, 0.3) is 0 Å². The SMILES string of the molecule is CC(C)SC(C)CC(C)(N)C(=O)O. The summed E-state index contributed by atoms with van der Waals surface area (Å²) >= 11 is 1.76. The van der Waals surface area contributed by atoms with Crippen LogP contribution in [0.2, 0.25) is 0 Å². The van der Waals surface area contributed by atoms with E-state index in [4.69, 9.17) is 10.8 Å². The Kier molecular flexibility index (Phi) is 4.78. The van der Waals surface area contributed by atoms with Gasteiger partial charge < -0.3 is 10.8 Å². The van der Waals surface area contributed by atoms with Crippen molar-refractivity contribution in [1.82, 2.24) is 0 Å². The van der Waals surface area contributed by atoms with Crippen molar-refractivity contribution >= 4 is 17.7 Å². The molecule has 13 heavy (non-hydrogen) atoms. The van der Waals surface area contributed by atoms with Gasteiger partial charge in [-0.2, -0.15) is 11.8 Å². The number of carboxylic acids is 1. The zero-order valence-electron chi connectivity index (χ0n) is 8.70. The first-order chi connectivity index (χ1) is 5.75. The van der Waals surface area contributed by atoms with E-state index in [9.17, 15) is 4.79 Å². The lowest BCUT2D eigenvalue weighted by Gasteiger charge is -2.24. The Morgan fingerprint density at radius 3 is 2.31 bits per heavy atom. The summed E-state index contributed by atoms with van der Waals surface area (Å²) < 4.78 is 0. The van der Waals surface area contributed by atoms with Crippen LogP contribution in [0.25, 0.3) is 0 Å². The van der Waals surface area contributed by atoms with Crippen LogP contribution in [0.5, 0.6) is 0 Å². The maximum absolute atomic E-state index is 10.7. The number of thioether (sulfide) groups is 1. The highest BCUT2D eigenvalue weighted by Crippen LogP contribution is 2.23. The van der Waals surface area contributed by atoms with Crippen LogP contribution < -0.4 is 5.73 Å². The smallest absolute Gasteiger partial charge is 0.323 e. The maximum atomic E-state index is 10.7. The minimum absolute atomic E-state index is 0.283. The van der Waals surface area contributed by atoms with Crippen molar-refractivity contribution in [3.05, 3.63) is 0 Å². The number of nitrogens with two attached hydrogens (primary N) is 1. The van der Waals surface area contributed by atoms with E-state index < -0.39 is 11.5 Å². The fourth-order valence-corrected chi connectivity index (χ4v) is 2.57. The molecule has 0 spiro atoms. The van der Waals surface area contributed by atoms with Gasteiger partial charge in [-0.3, -0.25) is 4.79 Å². The van der Waals surface area contributed by atoms with E-state index in [2.05, 4.69) is 13.8 Å². The minimum atomic E-state index is -1.10. The number of carboxylic acid groups (broad SMARTS) is 1. The van der Waals surface area contributed by atoms with Crippen molar-refractivity contribution in [3.8, 4) is 0 Å². The Bertz CT molecular complexity index is 180. The summed E-state index contributed by atoms with van der Waals surface area (Å²) in [7, 11) is 0. The third-order valence-electron chi connectivity index (χ3n) is 1.70. The summed E-state index contributed by atoms with van der Waals surface area (Å²) in [6, 6.07) is 0. The van der Waals surface area contributed by atoms with Crippen LogP contribution in [0.4, 0.5) is 0 Å². The largest absolute Gasteiger partial charge is 0.480 e. The highest BCUT2D eigenvalue weighted by molar-refractivity contribution is 8.00. The summed E-state index contributed by atoms with van der Waals surface area (Å²) in [4.78, 5) is 10.7. The van der Waals surface area contributed by atoms with Crippen LogP contribution in [0.15, 0.2) is 0 Å². The predicted octanol–water partition coefficient (Wildman–Crippen LogP) is 1.71. The molecule has 0 aliphatic rings. The molecule has 0 radical (unpaired) electrons. The quantitative estimate of drug-likeness (QED) is 0.717. The summed E-state index contributed by atoms with van der Waals surface area (Å²) in [6.07, 6.45) is 0.505. The van der Waals surface area contributed by atoms with Crippen molar-refractivity contribution in [1.29, 1.82) is 0 Å². The molecule has 0 bridgehead atoms. The molecule has 0 aromatic rings. The zero-order chi connectivity index (χ0) is 10.6. The van der Waals surface area contributed by atoms with E-state index in [0.717, 1.165) is 0 Å². The molecule has 0 amide bonds. The first-order valence-corrected chi connectivity index (χ1v) is 5.37. The first kappa shape index (κ1) is 12.8. The summed E-state index contributed by atoms with van der Waals surface area (Å²) in [6.45, 7) is 7.76. The monoisotopic (exact) mass is 205 g/mol. The second kappa shape index (κ2) is 4.86. The molecule has 3 nitrogen and oxygen atoms in total. The van der Waals surface area contributed by atoms with Gasteiger partial charge in [0.2, 0.25) is 0 Å². The highest BCUT2D eigenvalue weighted by Gasteiger charge is 2.30. The molecule has 0 heterocycles. The van der Waals surface area contributed by atoms with E-state index in [1.807, 2.05) is 6.92 Å². The molecule has 0 saturated heterocycles. The molecule has 2 unspecified atom stereocenters. The van der Waals surface area contributed by atoms with Crippen LogP contribution >= 0.6 is 11.8 Å². The lowest BCUT2D eigenvalue weighted by atomic mass is 9.98. The molecular weight excluding hydrogens is 186 g/mol. The molecule has 0 aromatic heterocycles.